The molecule has 0 spiro atoms. The lowest BCUT2D eigenvalue weighted by Crippen LogP contribution is -2.39. The first-order valence-electron chi connectivity index (χ1n) is 9.68. The van der Waals surface area contributed by atoms with Crippen molar-refractivity contribution in [2.75, 3.05) is 17.8 Å². The fourth-order valence-electron chi connectivity index (χ4n) is 3.64. The van der Waals surface area contributed by atoms with Gasteiger partial charge in [-0.25, -0.2) is 8.42 Å². The maximum absolute atomic E-state index is 13.1. The first-order valence-corrected chi connectivity index (χ1v) is 11.2. The largest absolute Gasteiger partial charge is 0.338 e. The van der Waals surface area contributed by atoms with E-state index in [-0.39, 0.29) is 10.8 Å². The summed E-state index contributed by atoms with van der Waals surface area (Å²) in [5, 5.41) is 0. The molecule has 2 aromatic carbocycles. The summed E-state index contributed by atoms with van der Waals surface area (Å²) in [5.41, 5.74) is 3.49. The van der Waals surface area contributed by atoms with Crippen molar-refractivity contribution in [1.29, 1.82) is 0 Å². The van der Waals surface area contributed by atoms with Crippen LogP contribution in [-0.2, 0) is 10.0 Å². The maximum Gasteiger partial charge on any atom is 0.262 e. The molecule has 1 saturated heterocycles. The highest BCUT2D eigenvalue weighted by atomic mass is 32.2. The zero-order valence-corrected chi connectivity index (χ0v) is 17.8. The van der Waals surface area contributed by atoms with Crippen LogP contribution in [0.4, 0.5) is 5.69 Å². The molecular weight excluding hydrogens is 372 g/mol. The van der Waals surface area contributed by atoms with Gasteiger partial charge in [0.05, 0.1) is 10.6 Å². The molecular formula is C22H28N2O3S. The number of anilines is 1. The first kappa shape index (κ1) is 20.4. The summed E-state index contributed by atoms with van der Waals surface area (Å²) in [6, 6.07) is 10.4. The summed E-state index contributed by atoms with van der Waals surface area (Å²) >= 11 is 0. The molecule has 2 aromatic rings. The Morgan fingerprint density at radius 1 is 1.11 bits per heavy atom. The minimum atomic E-state index is -3.80. The Morgan fingerprint density at radius 3 is 2.57 bits per heavy atom. The van der Waals surface area contributed by atoms with Crippen molar-refractivity contribution >= 4 is 21.6 Å². The minimum Gasteiger partial charge on any atom is -0.338 e. The number of rotatable bonds is 4. The second kappa shape index (κ2) is 7.95. The predicted octanol–water partition coefficient (Wildman–Crippen LogP) is 4.28. The van der Waals surface area contributed by atoms with Crippen LogP contribution >= 0.6 is 0 Å². The van der Waals surface area contributed by atoms with Crippen molar-refractivity contribution in [3.05, 3.63) is 58.7 Å². The second-order valence-corrected chi connectivity index (χ2v) is 9.48. The van der Waals surface area contributed by atoms with Gasteiger partial charge in [-0.15, -0.1) is 0 Å². The smallest absolute Gasteiger partial charge is 0.262 e. The van der Waals surface area contributed by atoms with Gasteiger partial charge in [0, 0.05) is 18.7 Å². The quantitative estimate of drug-likeness (QED) is 0.833. The van der Waals surface area contributed by atoms with E-state index in [2.05, 4.69) is 11.6 Å². The lowest BCUT2D eigenvalue weighted by molar-refractivity contribution is 0.0683. The van der Waals surface area contributed by atoms with Crippen molar-refractivity contribution in [2.24, 2.45) is 5.92 Å². The van der Waals surface area contributed by atoms with E-state index in [4.69, 9.17) is 0 Å². The zero-order chi connectivity index (χ0) is 20.5. The molecule has 1 heterocycles. The Balaban J connectivity index is 1.92. The predicted molar refractivity (Wildman–Crippen MR) is 112 cm³/mol. The summed E-state index contributed by atoms with van der Waals surface area (Å²) in [7, 11) is -3.80. The van der Waals surface area contributed by atoms with E-state index in [0.29, 0.717) is 22.7 Å². The Morgan fingerprint density at radius 2 is 1.86 bits per heavy atom. The second-order valence-electron chi connectivity index (χ2n) is 7.83. The number of nitrogens with one attached hydrogen (secondary N) is 1. The lowest BCUT2D eigenvalue weighted by Gasteiger charge is -2.31. The van der Waals surface area contributed by atoms with E-state index >= 15 is 0 Å². The van der Waals surface area contributed by atoms with Gasteiger partial charge in [-0.3, -0.25) is 9.52 Å². The third kappa shape index (κ3) is 4.22. The highest BCUT2D eigenvalue weighted by Crippen LogP contribution is 2.25. The molecule has 150 valence electrons. The molecule has 0 aliphatic carbocycles. The normalized spacial score (nSPS) is 17.4. The van der Waals surface area contributed by atoms with Crippen LogP contribution in [0.3, 0.4) is 0 Å². The first-order chi connectivity index (χ1) is 13.2. The number of carbonyl (C=O) groups excluding carboxylic acids is 1. The fourth-order valence-corrected chi connectivity index (χ4v) is 5.04. The number of likely N-dealkylation sites (tertiary alicyclic amines) is 1. The van der Waals surface area contributed by atoms with E-state index in [1.165, 1.54) is 6.07 Å². The van der Waals surface area contributed by atoms with Gasteiger partial charge in [0.15, 0.2) is 0 Å². The van der Waals surface area contributed by atoms with Crippen LogP contribution in [0.25, 0.3) is 0 Å². The molecule has 6 heteroatoms. The number of sulfonamides is 1. The van der Waals surface area contributed by atoms with Crippen molar-refractivity contribution < 1.29 is 13.2 Å². The molecule has 0 saturated carbocycles. The highest BCUT2D eigenvalue weighted by molar-refractivity contribution is 7.92. The standard InChI is InChI=1S/C22H28N2O3S/c1-15-7-6-12-24(14-15)22(25)19-11-10-17(3)21(13-19)28(26,27)23-20-9-5-8-16(2)18(20)4/h5,8-11,13,15,23H,6-7,12,14H2,1-4H3. The van der Waals surface area contributed by atoms with Gasteiger partial charge >= 0.3 is 0 Å². The van der Waals surface area contributed by atoms with Gasteiger partial charge in [0.25, 0.3) is 15.9 Å². The Bertz CT molecular complexity index is 999. The molecule has 1 atom stereocenters. The van der Waals surface area contributed by atoms with Gasteiger partial charge < -0.3 is 4.90 Å². The van der Waals surface area contributed by atoms with Gasteiger partial charge in [-0.05, 0) is 74.4 Å². The fraction of sp³-hybridized carbons (Fsp3) is 0.409. The number of amides is 1. The molecule has 0 aromatic heterocycles. The number of hydrogen-bond acceptors (Lipinski definition) is 3. The SMILES string of the molecule is Cc1ccc(C(=O)N2CCCC(C)C2)cc1S(=O)(=O)Nc1cccc(C)c1C. The number of carbonyl (C=O) groups is 1. The number of aryl methyl sites for hydroxylation is 2. The summed E-state index contributed by atoms with van der Waals surface area (Å²) in [5.74, 6) is 0.368. The third-order valence-corrected chi connectivity index (χ3v) is 7.03. The van der Waals surface area contributed by atoms with E-state index in [1.54, 1.807) is 25.1 Å². The molecule has 1 aliphatic heterocycles. The topological polar surface area (TPSA) is 66.5 Å². The molecule has 3 rings (SSSR count). The average molecular weight is 401 g/mol. The number of benzene rings is 2. The van der Waals surface area contributed by atoms with E-state index in [1.807, 2.05) is 30.9 Å². The minimum absolute atomic E-state index is 0.102. The molecule has 28 heavy (non-hydrogen) atoms. The van der Waals surface area contributed by atoms with E-state index in [9.17, 15) is 13.2 Å². The van der Waals surface area contributed by atoms with Crippen molar-refractivity contribution in [1.82, 2.24) is 4.90 Å². The molecule has 5 nitrogen and oxygen atoms in total. The summed E-state index contributed by atoms with van der Waals surface area (Å²) in [6.07, 6.45) is 2.11. The van der Waals surface area contributed by atoms with Crippen molar-refractivity contribution in [2.45, 2.75) is 45.4 Å². The summed E-state index contributed by atoms with van der Waals surface area (Å²) in [6.45, 7) is 9.15. The number of hydrogen-bond donors (Lipinski definition) is 1. The van der Waals surface area contributed by atoms with Gasteiger partial charge in [0.2, 0.25) is 0 Å². The van der Waals surface area contributed by atoms with Gasteiger partial charge in [-0.1, -0.05) is 25.1 Å². The van der Waals surface area contributed by atoms with Crippen LogP contribution < -0.4 is 4.72 Å². The zero-order valence-electron chi connectivity index (χ0n) is 17.0. The van der Waals surface area contributed by atoms with Crippen LogP contribution in [0.2, 0.25) is 0 Å². The molecule has 1 N–H and O–H groups in total. The van der Waals surface area contributed by atoms with Crippen molar-refractivity contribution in [3.8, 4) is 0 Å². The van der Waals surface area contributed by atoms with Crippen molar-refractivity contribution in [3.63, 3.8) is 0 Å². The molecule has 1 fully saturated rings. The molecule has 1 unspecified atom stereocenters. The number of nitrogens with zero attached hydrogens (tertiary/aromatic N) is 1. The highest BCUT2D eigenvalue weighted by Gasteiger charge is 2.25. The number of piperidine rings is 1. The van der Waals surface area contributed by atoms with Crippen LogP contribution in [0.5, 0.6) is 0 Å². The molecule has 1 amide bonds. The van der Waals surface area contributed by atoms with E-state index in [0.717, 1.165) is 37.1 Å². The van der Waals surface area contributed by atoms with Crippen LogP contribution in [0, 0.1) is 26.7 Å². The Kier molecular flexibility index (Phi) is 5.79. The molecule has 1 aliphatic rings. The summed E-state index contributed by atoms with van der Waals surface area (Å²) < 4.78 is 28.8. The van der Waals surface area contributed by atoms with Crippen LogP contribution in [-0.4, -0.2) is 32.3 Å². The van der Waals surface area contributed by atoms with Gasteiger partial charge in [-0.2, -0.15) is 0 Å². The summed E-state index contributed by atoms with van der Waals surface area (Å²) in [4.78, 5) is 14.9. The molecule has 0 bridgehead atoms. The maximum atomic E-state index is 13.1. The van der Waals surface area contributed by atoms with E-state index < -0.39 is 10.0 Å². The third-order valence-electron chi connectivity index (χ3n) is 5.52. The Hall–Kier alpha value is -2.34. The lowest BCUT2D eigenvalue weighted by atomic mass is 9.99. The van der Waals surface area contributed by atoms with Gasteiger partial charge in [0.1, 0.15) is 0 Å². The van der Waals surface area contributed by atoms with Crippen LogP contribution in [0.15, 0.2) is 41.3 Å². The van der Waals surface area contributed by atoms with Crippen LogP contribution in [0.1, 0.15) is 46.8 Å². The Labute approximate surface area is 167 Å². The monoisotopic (exact) mass is 400 g/mol. The molecule has 0 radical (unpaired) electrons. The average Bonchev–Trinajstić information content (AvgIpc) is 2.65.